The lowest BCUT2D eigenvalue weighted by Crippen LogP contribution is -2.34. The molecule has 1 amide bonds. The van der Waals surface area contributed by atoms with Crippen LogP contribution in [0.2, 0.25) is 0 Å². The van der Waals surface area contributed by atoms with Crippen LogP contribution in [-0.4, -0.2) is 12.5 Å². The van der Waals surface area contributed by atoms with Gasteiger partial charge in [0.25, 0.3) is 0 Å². The van der Waals surface area contributed by atoms with E-state index in [9.17, 15) is 4.79 Å². The van der Waals surface area contributed by atoms with E-state index in [0.29, 0.717) is 6.42 Å². The molecule has 1 aliphatic heterocycles. The third kappa shape index (κ3) is 2.86. The Bertz CT molecular complexity index is 739. The highest BCUT2D eigenvalue weighted by Gasteiger charge is 2.24. The molecule has 4 rings (SSSR count). The van der Waals surface area contributed by atoms with E-state index in [0.717, 1.165) is 37.4 Å². The Morgan fingerprint density at radius 2 is 1.83 bits per heavy atom. The van der Waals surface area contributed by atoms with Crippen LogP contribution < -0.4 is 4.90 Å². The monoisotopic (exact) mass is 319 g/mol. The second kappa shape index (κ2) is 6.43. The maximum Gasteiger partial charge on any atom is 0.226 e. The highest BCUT2D eigenvalue weighted by molar-refractivity contribution is 5.94. The third-order valence-electron chi connectivity index (χ3n) is 5.53. The van der Waals surface area contributed by atoms with Crippen LogP contribution in [0, 0.1) is 5.92 Å². The molecule has 1 heterocycles. The number of anilines is 1. The molecule has 0 radical (unpaired) electrons. The van der Waals surface area contributed by atoms with E-state index in [1.54, 1.807) is 0 Å². The van der Waals surface area contributed by atoms with Gasteiger partial charge < -0.3 is 4.90 Å². The van der Waals surface area contributed by atoms with Gasteiger partial charge in [-0.1, -0.05) is 43.3 Å². The van der Waals surface area contributed by atoms with Gasteiger partial charge in [0.05, 0.1) is 0 Å². The Morgan fingerprint density at radius 1 is 1.08 bits per heavy atom. The predicted molar refractivity (Wildman–Crippen MR) is 98.5 cm³/mol. The molecule has 2 nitrogen and oxygen atoms in total. The molecule has 2 aromatic rings. The minimum atomic E-state index is 0.245. The zero-order chi connectivity index (χ0) is 16.5. The summed E-state index contributed by atoms with van der Waals surface area (Å²) in [6, 6.07) is 15.6. The molecule has 0 aromatic heterocycles. The molecule has 0 unspecified atom stereocenters. The Kier molecular flexibility index (Phi) is 4.13. The Balaban J connectivity index is 1.51. The summed E-state index contributed by atoms with van der Waals surface area (Å²) in [7, 11) is 0. The second-order valence-corrected chi connectivity index (χ2v) is 7.21. The van der Waals surface area contributed by atoms with Crippen LogP contribution in [0.15, 0.2) is 42.5 Å². The van der Waals surface area contributed by atoms with Crippen molar-refractivity contribution >= 4 is 11.6 Å². The smallest absolute Gasteiger partial charge is 0.226 e. The van der Waals surface area contributed by atoms with E-state index < -0.39 is 0 Å². The number of benzene rings is 2. The summed E-state index contributed by atoms with van der Waals surface area (Å²) in [5.41, 5.74) is 6.99. The highest BCUT2D eigenvalue weighted by Crippen LogP contribution is 2.32. The number of amides is 1. The molecule has 0 saturated carbocycles. The van der Waals surface area contributed by atoms with E-state index in [1.165, 1.54) is 35.1 Å². The highest BCUT2D eigenvalue weighted by atomic mass is 16.2. The third-order valence-corrected chi connectivity index (χ3v) is 5.53. The lowest BCUT2D eigenvalue weighted by molar-refractivity contribution is -0.118. The van der Waals surface area contributed by atoms with Crippen molar-refractivity contribution in [2.75, 3.05) is 11.4 Å². The molecule has 2 heteroatoms. The summed E-state index contributed by atoms with van der Waals surface area (Å²) in [6.45, 7) is 2.82. The van der Waals surface area contributed by atoms with Crippen molar-refractivity contribution in [3.63, 3.8) is 0 Å². The van der Waals surface area contributed by atoms with Crippen LogP contribution in [0.5, 0.6) is 0 Å². The average Bonchev–Trinajstić information content (AvgIpc) is 3.02. The SMILES string of the molecule is CCC(=O)N1CCCc2cc(CC3Cc4ccccc4C3)ccc21. The van der Waals surface area contributed by atoms with Crippen molar-refractivity contribution < 1.29 is 4.79 Å². The molecule has 124 valence electrons. The predicted octanol–water partition coefficient (Wildman–Crippen LogP) is 4.33. The minimum absolute atomic E-state index is 0.245. The number of carbonyl (C=O) groups is 1. The molecule has 24 heavy (non-hydrogen) atoms. The van der Waals surface area contributed by atoms with Crippen molar-refractivity contribution in [3.05, 3.63) is 64.7 Å². The fourth-order valence-corrected chi connectivity index (χ4v) is 4.35. The van der Waals surface area contributed by atoms with Crippen LogP contribution in [0.1, 0.15) is 42.0 Å². The number of hydrogen-bond acceptors (Lipinski definition) is 1. The maximum atomic E-state index is 12.1. The molecule has 0 spiro atoms. The second-order valence-electron chi connectivity index (χ2n) is 7.21. The number of carbonyl (C=O) groups excluding carboxylic acids is 1. The first-order valence-electron chi connectivity index (χ1n) is 9.23. The summed E-state index contributed by atoms with van der Waals surface area (Å²) in [5, 5.41) is 0. The largest absolute Gasteiger partial charge is 0.312 e. The van der Waals surface area contributed by atoms with Gasteiger partial charge in [0.15, 0.2) is 0 Å². The van der Waals surface area contributed by atoms with Gasteiger partial charge in [-0.25, -0.2) is 0 Å². The normalized spacial score (nSPS) is 16.8. The van der Waals surface area contributed by atoms with Crippen LogP contribution in [0.4, 0.5) is 5.69 Å². The van der Waals surface area contributed by atoms with Gasteiger partial charge in [-0.3, -0.25) is 4.79 Å². The molecule has 0 N–H and O–H groups in total. The summed E-state index contributed by atoms with van der Waals surface area (Å²) >= 11 is 0. The zero-order valence-electron chi connectivity index (χ0n) is 14.4. The molecule has 0 fully saturated rings. The van der Waals surface area contributed by atoms with Crippen LogP contribution >= 0.6 is 0 Å². The molecule has 0 bridgehead atoms. The number of aryl methyl sites for hydroxylation is 1. The molecular weight excluding hydrogens is 294 g/mol. The number of rotatable bonds is 3. The number of fused-ring (bicyclic) bond motifs is 2. The van der Waals surface area contributed by atoms with E-state index >= 15 is 0 Å². The molecule has 1 aliphatic carbocycles. The van der Waals surface area contributed by atoms with Gasteiger partial charge in [0, 0.05) is 18.7 Å². The lowest BCUT2D eigenvalue weighted by atomic mass is 9.92. The molecule has 0 atom stereocenters. The standard InChI is InChI=1S/C22H25NO/c1-2-22(24)23-11-5-8-20-13-16(9-10-21(20)23)12-17-14-18-6-3-4-7-19(18)15-17/h3-4,6-7,9-10,13,17H,2,5,8,11-12,14-15H2,1H3. The Morgan fingerprint density at radius 3 is 2.54 bits per heavy atom. The fourth-order valence-electron chi connectivity index (χ4n) is 4.35. The molecule has 0 saturated heterocycles. The lowest BCUT2D eigenvalue weighted by Gasteiger charge is -2.30. The Hall–Kier alpha value is -2.09. The molecule has 2 aromatic carbocycles. The van der Waals surface area contributed by atoms with Gasteiger partial charge in [-0.2, -0.15) is 0 Å². The average molecular weight is 319 g/mol. The van der Waals surface area contributed by atoms with E-state index in [2.05, 4.69) is 42.5 Å². The zero-order valence-corrected chi connectivity index (χ0v) is 14.4. The van der Waals surface area contributed by atoms with Crippen LogP contribution in [0.3, 0.4) is 0 Å². The van der Waals surface area contributed by atoms with Gasteiger partial charge in [0.2, 0.25) is 5.91 Å². The first kappa shape index (κ1) is 15.4. The van der Waals surface area contributed by atoms with Crippen molar-refractivity contribution in [1.29, 1.82) is 0 Å². The number of hydrogen-bond donors (Lipinski definition) is 0. The first-order valence-corrected chi connectivity index (χ1v) is 9.23. The fraction of sp³-hybridized carbons (Fsp3) is 0.409. The van der Waals surface area contributed by atoms with Gasteiger partial charge >= 0.3 is 0 Å². The van der Waals surface area contributed by atoms with Crippen molar-refractivity contribution in [2.24, 2.45) is 5.92 Å². The summed E-state index contributed by atoms with van der Waals surface area (Å²) in [6.07, 6.45) is 6.31. The first-order chi connectivity index (χ1) is 11.7. The van der Waals surface area contributed by atoms with E-state index in [-0.39, 0.29) is 5.91 Å². The van der Waals surface area contributed by atoms with Gasteiger partial charge in [-0.15, -0.1) is 0 Å². The van der Waals surface area contributed by atoms with Crippen molar-refractivity contribution in [3.8, 4) is 0 Å². The van der Waals surface area contributed by atoms with Crippen molar-refractivity contribution in [1.82, 2.24) is 0 Å². The molecular formula is C22H25NO. The maximum absolute atomic E-state index is 12.1. The Labute approximate surface area is 144 Å². The summed E-state index contributed by atoms with van der Waals surface area (Å²) in [5.74, 6) is 0.965. The molecule has 2 aliphatic rings. The van der Waals surface area contributed by atoms with Gasteiger partial charge in [0.1, 0.15) is 0 Å². The van der Waals surface area contributed by atoms with E-state index in [4.69, 9.17) is 0 Å². The summed E-state index contributed by atoms with van der Waals surface area (Å²) < 4.78 is 0. The summed E-state index contributed by atoms with van der Waals surface area (Å²) in [4.78, 5) is 14.1. The quantitative estimate of drug-likeness (QED) is 0.824. The van der Waals surface area contributed by atoms with E-state index in [1.807, 2.05) is 11.8 Å². The van der Waals surface area contributed by atoms with Crippen LogP contribution in [-0.2, 0) is 30.5 Å². The van der Waals surface area contributed by atoms with Crippen LogP contribution in [0.25, 0.3) is 0 Å². The van der Waals surface area contributed by atoms with Gasteiger partial charge in [-0.05, 0) is 66.3 Å². The minimum Gasteiger partial charge on any atom is -0.312 e. The van der Waals surface area contributed by atoms with Crippen molar-refractivity contribution in [2.45, 2.75) is 45.4 Å². The topological polar surface area (TPSA) is 20.3 Å². The number of nitrogens with zero attached hydrogens (tertiary/aromatic N) is 1.